The Morgan fingerprint density at radius 1 is 1.14 bits per heavy atom. The van der Waals surface area contributed by atoms with Crippen LogP contribution in [-0.4, -0.2) is 29.8 Å². The van der Waals surface area contributed by atoms with Crippen molar-refractivity contribution in [2.45, 2.75) is 31.3 Å². The summed E-state index contributed by atoms with van der Waals surface area (Å²) in [5.74, 6) is -0.815. The van der Waals surface area contributed by atoms with Crippen LogP contribution in [0.1, 0.15) is 40.0 Å². The lowest BCUT2D eigenvalue weighted by atomic mass is 9.88. The molecular formula is C15H15N3O3. The first-order valence-electron chi connectivity index (χ1n) is 7.18. The lowest BCUT2D eigenvalue weighted by molar-refractivity contribution is -0.120. The number of hydrogen-bond donors (Lipinski definition) is 3. The molecule has 2 bridgehead atoms. The molecule has 2 fully saturated rings. The zero-order chi connectivity index (χ0) is 14.6. The third kappa shape index (κ3) is 1.94. The van der Waals surface area contributed by atoms with Crippen LogP contribution in [0.3, 0.4) is 0 Å². The number of anilines is 1. The fourth-order valence-corrected chi connectivity index (χ4v) is 3.59. The zero-order valence-corrected chi connectivity index (χ0v) is 11.3. The molecule has 21 heavy (non-hydrogen) atoms. The number of carbonyl (C=O) groups excluding carboxylic acids is 3. The summed E-state index contributed by atoms with van der Waals surface area (Å²) < 4.78 is 0. The van der Waals surface area contributed by atoms with Gasteiger partial charge in [0.2, 0.25) is 5.91 Å². The SMILES string of the molecule is O=C1NC(=O)c2cc(NC(=O)C3CC4CCC3N4)ccc21. The molecule has 3 N–H and O–H groups in total. The largest absolute Gasteiger partial charge is 0.326 e. The number of benzene rings is 1. The molecule has 3 heterocycles. The van der Waals surface area contributed by atoms with Crippen molar-refractivity contribution >= 4 is 23.4 Å². The summed E-state index contributed by atoms with van der Waals surface area (Å²) in [4.78, 5) is 35.4. The van der Waals surface area contributed by atoms with Gasteiger partial charge in [-0.1, -0.05) is 0 Å². The highest BCUT2D eigenvalue weighted by Gasteiger charge is 2.42. The van der Waals surface area contributed by atoms with Gasteiger partial charge in [-0.15, -0.1) is 0 Å². The highest BCUT2D eigenvalue weighted by atomic mass is 16.2. The van der Waals surface area contributed by atoms with E-state index in [-0.39, 0.29) is 23.8 Å². The van der Waals surface area contributed by atoms with E-state index in [1.54, 1.807) is 18.2 Å². The van der Waals surface area contributed by atoms with Gasteiger partial charge in [0.25, 0.3) is 11.8 Å². The van der Waals surface area contributed by atoms with Crippen LogP contribution in [0.2, 0.25) is 0 Å². The van der Waals surface area contributed by atoms with Gasteiger partial charge in [0, 0.05) is 17.8 Å². The quantitative estimate of drug-likeness (QED) is 0.696. The zero-order valence-electron chi connectivity index (χ0n) is 11.3. The Morgan fingerprint density at radius 2 is 1.95 bits per heavy atom. The lowest BCUT2D eigenvalue weighted by Gasteiger charge is -2.19. The summed E-state index contributed by atoms with van der Waals surface area (Å²) in [5, 5.41) is 8.53. The normalized spacial score (nSPS) is 29.4. The van der Waals surface area contributed by atoms with Crippen molar-refractivity contribution in [3.8, 4) is 0 Å². The number of fused-ring (bicyclic) bond motifs is 3. The van der Waals surface area contributed by atoms with E-state index in [2.05, 4.69) is 16.0 Å². The van der Waals surface area contributed by atoms with Gasteiger partial charge in [-0.05, 0) is 37.5 Å². The van der Waals surface area contributed by atoms with Crippen LogP contribution in [-0.2, 0) is 4.79 Å². The fraction of sp³-hybridized carbons (Fsp3) is 0.400. The van der Waals surface area contributed by atoms with E-state index < -0.39 is 5.91 Å². The lowest BCUT2D eigenvalue weighted by Crippen LogP contribution is -2.32. The van der Waals surface area contributed by atoms with Gasteiger partial charge in [0.15, 0.2) is 0 Å². The fourth-order valence-electron chi connectivity index (χ4n) is 3.59. The van der Waals surface area contributed by atoms with E-state index in [9.17, 15) is 14.4 Å². The average Bonchev–Trinajstić information content (AvgIpc) is 3.15. The van der Waals surface area contributed by atoms with E-state index in [0.717, 1.165) is 19.3 Å². The Morgan fingerprint density at radius 3 is 2.67 bits per heavy atom. The standard InChI is InChI=1S/C15H15N3O3/c19-13-9-3-1-8(5-10(9)14(20)18-13)17-15(21)11-6-7-2-4-12(11)16-7/h1,3,5,7,11-12,16H,2,4,6H2,(H,17,21)(H,18,19,20). The van der Waals surface area contributed by atoms with Crippen LogP contribution in [0.25, 0.3) is 0 Å². The summed E-state index contributed by atoms with van der Waals surface area (Å²) in [6.07, 6.45) is 3.07. The third-order valence-corrected chi connectivity index (χ3v) is 4.64. The van der Waals surface area contributed by atoms with Crippen LogP contribution in [0.4, 0.5) is 5.69 Å². The van der Waals surface area contributed by atoms with Gasteiger partial charge < -0.3 is 10.6 Å². The molecule has 0 radical (unpaired) electrons. The highest BCUT2D eigenvalue weighted by Crippen LogP contribution is 2.34. The number of hydrogen-bond acceptors (Lipinski definition) is 4. The molecule has 4 rings (SSSR count). The van der Waals surface area contributed by atoms with Gasteiger partial charge in [-0.2, -0.15) is 0 Å². The van der Waals surface area contributed by atoms with Crippen molar-refractivity contribution in [3.05, 3.63) is 29.3 Å². The highest BCUT2D eigenvalue weighted by molar-refractivity contribution is 6.22. The Bertz CT molecular complexity index is 670. The molecule has 1 aromatic carbocycles. The van der Waals surface area contributed by atoms with Crippen molar-refractivity contribution < 1.29 is 14.4 Å². The number of rotatable bonds is 2. The molecule has 108 valence electrons. The average molecular weight is 285 g/mol. The van der Waals surface area contributed by atoms with Crippen LogP contribution < -0.4 is 16.0 Å². The second-order valence-corrected chi connectivity index (χ2v) is 5.92. The Labute approximate surface area is 121 Å². The van der Waals surface area contributed by atoms with E-state index in [1.165, 1.54) is 0 Å². The van der Waals surface area contributed by atoms with Crippen LogP contribution in [0.5, 0.6) is 0 Å². The maximum atomic E-state index is 12.3. The molecule has 6 nitrogen and oxygen atoms in total. The Balaban J connectivity index is 1.53. The molecule has 6 heteroatoms. The first-order valence-corrected chi connectivity index (χ1v) is 7.18. The number of carbonyl (C=O) groups is 3. The van der Waals surface area contributed by atoms with Gasteiger partial charge in [0.05, 0.1) is 17.0 Å². The van der Waals surface area contributed by atoms with Crippen LogP contribution in [0.15, 0.2) is 18.2 Å². The summed E-state index contributed by atoms with van der Waals surface area (Å²) >= 11 is 0. The second-order valence-electron chi connectivity index (χ2n) is 5.92. The van der Waals surface area contributed by atoms with Crippen molar-refractivity contribution in [2.24, 2.45) is 5.92 Å². The summed E-state index contributed by atoms with van der Waals surface area (Å²) in [6.45, 7) is 0. The van der Waals surface area contributed by atoms with E-state index in [4.69, 9.17) is 0 Å². The van der Waals surface area contributed by atoms with Crippen LogP contribution in [0, 0.1) is 5.92 Å². The minimum Gasteiger partial charge on any atom is -0.326 e. The van der Waals surface area contributed by atoms with E-state index in [0.29, 0.717) is 22.9 Å². The first kappa shape index (κ1) is 12.5. The van der Waals surface area contributed by atoms with Crippen molar-refractivity contribution in [2.75, 3.05) is 5.32 Å². The van der Waals surface area contributed by atoms with Crippen molar-refractivity contribution in [1.29, 1.82) is 0 Å². The summed E-state index contributed by atoms with van der Waals surface area (Å²) in [5.41, 5.74) is 1.25. The molecule has 3 aliphatic rings. The molecule has 3 unspecified atom stereocenters. The van der Waals surface area contributed by atoms with E-state index in [1.807, 2.05) is 0 Å². The van der Waals surface area contributed by atoms with Gasteiger partial charge in [-0.25, -0.2) is 0 Å². The van der Waals surface area contributed by atoms with Gasteiger partial charge in [0.1, 0.15) is 0 Å². The maximum absolute atomic E-state index is 12.3. The smallest absolute Gasteiger partial charge is 0.259 e. The molecular weight excluding hydrogens is 270 g/mol. The van der Waals surface area contributed by atoms with Crippen molar-refractivity contribution in [1.82, 2.24) is 10.6 Å². The third-order valence-electron chi connectivity index (χ3n) is 4.64. The molecule has 2 saturated heterocycles. The van der Waals surface area contributed by atoms with Gasteiger partial charge >= 0.3 is 0 Å². The molecule has 0 aliphatic carbocycles. The monoisotopic (exact) mass is 285 g/mol. The predicted octanol–water partition coefficient (Wildman–Crippen LogP) is 0.649. The minimum absolute atomic E-state index is 0.00698. The minimum atomic E-state index is -0.410. The van der Waals surface area contributed by atoms with Crippen LogP contribution >= 0.6 is 0 Å². The number of nitrogens with one attached hydrogen (secondary N) is 3. The molecule has 3 aliphatic heterocycles. The Kier molecular flexibility index (Phi) is 2.62. The molecule has 0 spiro atoms. The van der Waals surface area contributed by atoms with Crippen molar-refractivity contribution in [3.63, 3.8) is 0 Å². The Hall–Kier alpha value is -2.21. The van der Waals surface area contributed by atoms with E-state index >= 15 is 0 Å². The summed E-state index contributed by atoms with van der Waals surface area (Å²) in [6, 6.07) is 5.54. The maximum Gasteiger partial charge on any atom is 0.259 e. The predicted molar refractivity (Wildman–Crippen MR) is 74.9 cm³/mol. The molecule has 3 atom stereocenters. The number of imide groups is 1. The summed E-state index contributed by atoms with van der Waals surface area (Å²) in [7, 11) is 0. The molecule has 0 aromatic heterocycles. The molecule has 3 amide bonds. The second kappa shape index (κ2) is 4.39. The molecule has 0 saturated carbocycles. The number of amides is 3. The molecule has 1 aromatic rings. The van der Waals surface area contributed by atoms with Gasteiger partial charge in [-0.3, -0.25) is 19.7 Å². The topological polar surface area (TPSA) is 87.3 Å². The first-order chi connectivity index (χ1) is 10.1.